The molecule has 0 bridgehead atoms. The zero-order valence-electron chi connectivity index (χ0n) is 16.9. The first-order valence-corrected chi connectivity index (χ1v) is 9.60. The van der Waals surface area contributed by atoms with Gasteiger partial charge in [-0.15, -0.1) is 0 Å². The van der Waals surface area contributed by atoms with Crippen molar-refractivity contribution < 1.29 is 0 Å². The van der Waals surface area contributed by atoms with E-state index in [0.29, 0.717) is 16.9 Å². The molecule has 1 atom stereocenters. The van der Waals surface area contributed by atoms with Crippen LogP contribution >= 0.6 is 0 Å². The van der Waals surface area contributed by atoms with Gasteiger partial charge in [0.15, 0.2) is 11.2 Å². The number of benzene rings is 1. The van der Waals surface area contributed by atoms with Gasteiger partial charge in [-0.1, -0.05) is 37.3 Å². The lowest BCUT2D eigenvalue weighted by Gasteiger charge is -2.13. The Morgan fingerprint density at radius 2 is 1.75 bits per heavy atom. The van der Waals surface area contributed by atoms with E-state index < -0.39 is 0 Å². The van der Waals surface area contributed by atoms with E-state index >= 15 is 0 Å². The molecule has 0 N–H and O–H groups in total. The van der Waals surface area contributed by atoms with Gasteiger partial charge in [-0.25, -0.2) is 4.79 Å². The average Bonchev–Trinajstić information content (AvgIpc) is 3.19. The minimum Gasteiger partial charge on any atom is -0.311 e. The molecule has 28 heavy (non-hydrogen) atoms. The molecule has 146 valence electrons. The van der Waals surface area contributed by atoms with Gasteiger partial charge in [0.1, 0.15) is 0 Å². The summed E-state index contributed by atoms with van der Waals surface area (Å²) < 4.78 is 6.82. The van der Waals surface area contributed by atoms with Crippen molar-refractivity contribution in [3.05, 3.63) is 68.1 Å². The zero-order chi connectivity index (χ0) is 20.2. The summed E-state index contributed by atoms with van der Waals surface area (Å²) in [6.45, 7) is 8.54. The number of fused-ring (bicyclic) bond motifs is 3. The Morgan fingerprint density at radius 3 is 2.39 bits per heavy atom. The summed E-state index contributed by atoms with van der Waals surface area (Å²) in [5.41, 5.74) is 3.18. The van der Waals surface area contributed by atoms with Crippen LogP contribution in [-0.2, 0) is 13.6 Å². The van der Waals surface area contributed by atoms with Crippen LogP contribution in [0.1, 0.15) is 43.3 Å². The minimum atomic E-state index is -0.355. The number of imidazole rings is 2. The maximum absolute atomic E-state index is 13.4. The van der Waals surface area contributed by atoms with Crippen LogP contribution in [0.2, 0.25) is 0 Å². The SMILES string of the molecule is CC[C@H](C)n1c(C)c(C)n2c3c(=O)n(Cc4ccccc4)c(=O)n(C)c3nc12. The molecule has 4 aromatic rings. The largest absolute Gasteiger partial charge is 0.332 e. The van der Waals surface area contributed by atoms with Crippen molar-refractivity contribution in [3.8, 4) is 0 Å². The molecule has 7 heteroatoms. The molecule has 4 rings (SSSR count). The number of aryl methyl sites for hydroxylation is 2. The fourth-order valence-electron chi connectivity index (χ4n) is 3.89. The second-order valence-electron chi connectivity index (χ2n) is 7.44. The summed E-state index contributed by atoms with van der Waals surface area (Å²) in [5, 5.41) is 0. The number of hydrogen-bond acceptors (Lipinski definition) is 3. The normalized spacial score (nSPS) is 12.9. The van der Waals surface area contributed by atoms with E-state index in [1.807, 2.05) is 48.6 Å². The maximum Gasteiger partial charge on any atom is 0.332 e. The number of rotatable bonds is 4. The van der Waals surface area contributed by atoms with Crippen LogP contribution in [0.15, 0.2) is 39.9 Å². The second-order valence-corrected chi connectivity index (χ2v) is 7.44. The van der Waals surface area contributed by atoms with Crippen molar-refractivity contribution >= 4 is 16.9 Å². The van der Waals surface area contributed by atoms with Crippen molar-refractivity contribution in [3.63, 3.8) is 0 Å². The standard InChI is InChI=1S/C21H25N5O2/c1-6-13(2)25-14(3)15(4)26-17-18(22-20(25)26)23(5)21(28)24(19(17)27)12-16-10-8-7-9-11-16/h7-11,13H,6,12H2,1-5H3/t13-/m0/s1. The average molecular weight is 379 g/mol. The number of aromatic nitrogens is 5. The molecule has 0 fully saturated rings. The second kappa shape index (κ2) is 6.51. The third kappa shape index (κ3) is 2.46. The van der Waals surface area contributed by atoms with Gasteiger partial charge in [0.05, 0.1) is 6.54 Å². The summed E-state index contributed by atoms with van der Waals surface area (Å²) in [6.07, 6.45) is 0.949. The van der Waals surface area contributed by atoms with Crippen LogP contribution in [0.3, 0.4) is 0 Å². The molecule has 0 radical (unpaired) electrons. The van der Waals surface area contributed by atoms with Gasteiger partial charge >= 0.3 is 5.69 Å². The van der Waals surface area contributed by atoms with Crippen LogP contribution in [-0.4, -0.2) is 23.1 Å². The lowest BCUT2D eigenvalue weighted by molar-refractivity contribution is 0.532. The molecule has 0 amide bonds. The molecule has 0 unspecified atom stereocenters. The molecule has 7 nitrogen and oxygen atoms in total. The molecule has 0 aliphatic heterocycles. The summed E-state index contributed by atoms with van der Waals surface area (Å²) in [5.74, 6) is 0.712. The number of nitrogens with zero attached hydrogens (tertiary/aromatic N) is 5. The van der Waals surface area contributed by atoms with Crippen molar-refractivity contribution in [1.82, 2.24) is 23.1 Å². The van der Waals surface area contributed by atoms with Gasteiger partial charge in [0.25, 0.3) is 5.56 Å². The maximum atomic E-state index is 13.4. The monoisotopic (exact) mass is 379 g/mol. The van der Waals surface area contributed by atoms with Crippen LogP contribution in [0.25, 0.3) is 16.9 Å². The van der Waals surface area contributed by atoms with Gasteiger partial charge < -0.3 is 4.57 Å². The van der Waals surface area contributed by atoms with Gasteiger partial charge in [-0.05, 0) is 32.8 Å². The Labute approximate surface area is 162 Å². The molecule has 3 heterocycles. The predicted octanol–water partition coefficient (Wildman–Crippen LogP) is 2.79. The molecule has 0 aliphatic rings. The van der Waals surface area contributed by atoms with Crippen molar-refractivity contribution in [2.75, 3.05) is 0 Å². The van der Waals surface area contributed by atoms with E-state index in [1.54, 1.807) is 7.05 Å². The molecule has 0 aliphatic carbocycles. The highest BCUT2D eigenvalue weighted by atomic mass is 16.2. The Morgan fingerprint density at radius 1 is 1.07 bits per heavy atom. The van der Waals surface area contributed by atoms with E-state index in [0.717, 1.165) is 23.4 Å². The third-order valence-corrected chi connectivity index (χ3v) is 5.78. The molecule has 1 aromatic carbocycles. The third-order valence-electron chi connectivity index (χ3n) is 5.78. The molecular weight excluding hydrogens is 354 g/mol. The summed E-state index contributed by atoms with van der Waals surface area (Å²) in [6, 6.07) is 9.79. The van der Waals surface area contributed by atoms with Gasteiger partial charge in [0.2, 0.25) is 5.78 Å². The quantitative estimate of drug-likeness (QED) is 0.548. The first-order valence-electron chi connectivity index (χ1n) is 9.60. The first-order chi connectivity index (χ1) is 13.4. The Balaban J connectivity index is 2.09. The van der Waals surface area contributed by atoms with E-state index in [-0.39, 0.29) is 23.8 Å². The lowest BCUT2D eigenvalue weighted by Crippen LogP contribution is -2.39. The van der Waals surface area contributed by atoms with E-state index in [1.165, 1.54) is 9.13 Å². The molecular formula is C21H25N5O2. The highest BCUT2D eigenvalue weighted by molar-refractivity contribution is 5.76. The summed E-state index contributed by atoms with van der Waals surface area (Å²) in [7, 11) is 1.67. The molecule has 0 spiro atoms. The fourth-order valence-corrected chi connectivity index (χ4v) is 3.89. The van der Waals surface area contributed by atoms with Gasteiger partial charge in [-0.2, -0.15) is 4.98 Å². The van der Waals surface area contributed by atoms with Crippen LogP contribution in [0.4, 0.5) is 0 Å². The van der Waals surface area contributed by atoms with E-state index in [9.17, 15) is 9.59 Å². The topological polar surface area (TPSA) is 66.2 Å². The van der Waals surface area contributed by atoms with Crippen LogP contribution < -0.4 is 11.2 Å². The van der Waals surface area contributed by atoms with Crippen molar-refractivity contribution in [2.45, 2.75) is 46.7 Å². The first kappa shape index (κ1) is 18.3. The Hall–Kier alpha value is -3.09. The van der Waals surface area contributed by atoms with Crippen molar-refractivity contribution in [2.24, 2.45) is 7.05 Å². The molecule has 3 aromatic heterocycles. The van der Waals surface area contributed by atoms with Crippen molar-refractivity contribution in [1.29, 1.82) is 0 Å². The van der Waals surface area contributed by atoms with Gasteiger partial charge in [-0.3, -0.25) is 18.3 Å². The van der Waals surface area contributed by atoms with Crippen LogP contribution in [0.5, 0.6) is 0 Å². The molecule has 0 saturated heterocycles. The summed E-state index contributed by atoms with van der Waals surface area (Å²) in [4.78, 5) is 31.0. The smallest absolute Gasteiger partial charge is 0.311 e. The highest BCUT2D eigenvalue weighted by Gasteiger charge is 2.23. The zero-order valence-corrected chi connectivity index (χ0v) is 16.9. The molecule has 0 saturated carbocycles. The minimum absolute atomic E-state index is 0.236. The van der Waals surface area contributed by atoms with E-state index in [4.69, 9.17) is 4.98 Å². The lowest BCUT2D eigenvalue weighted by atomic mass is 10.2. The Bertz CT molecular complexity index is 1300. The fraction of sp³-hybridized carbons (Fsp3) is 0.381. The number of hydrogen-bond donors (Lipinski definition) is 0. The van der Waals surface area contributed by atoms with Gasteiger partial charge in [0, 0.05) is 24.5 Å². The summed E-state index contributed by atoms with van der Waals surface area (Å²) >= 11 is 0. The highest BCUT2D eigenvalue weighted by Crippen LogP contribution is 2.25. The Kier molecular flexibility index (Phi) is 4.25. The van der Waals surface area contributed by atoms with E-state index in [2.05, 4.69) is 18.4 Å². The van der Waals surface area contributed by atoms with Crippen LogP contribution in [0, 0.1) is 13.8 Å². The predicted molar refractivity (Wildman–Crippen MR) is 110 cm³/mol.